The average Bonchev–Trinajstić information content (AvgIpc) is 3.17. The quantitative estimate of drug-likeness (QED) is 0.450. The fourth-order valence-electron chi connectivity index (χ4n) is 3.22. The van der Waals surface area contributed by atoms with Crippen LogP contribution in [0.5, 0.6) is 5.75 Å². The summed E-state index contributed by atoms with van der Waals surface area (Å²) in [4.78, 5) is 13.1. The lowest BCUT2D eigenvalue weighted by Gasteiger charge is -2.20. The van der Waals surface area contributed by atoms with Crippen LogP contribution in [-0.4, -0.2) is 20.8 Å². The molecule has 0 radical (unpaired) electrons. The first kappa shape index (κ1) is 17.9. The summed E-state index contributed by atoms with van der Waals surface area (Å²) in [6.45, 7) is 3.99. The van der Waals surface area contributed by atoms with E-state index >= 15 is 0 Å². The second kappa shape index (κ2) is 7.64. The van der Waals surface area contributed by atoms with E-state index in [2.05, 4.69) is 10.3 Å². The van der Waals surface area contributed by atoms with Gasteiger partial charge < -0.3 is 4.74 Å². The van der Waals surface area contributed by atoms with E-state index in [9.17, 15) is 4.79 Å². The first-order valence-electron chi connectivity index (χ1n) is 9.34. The normalized spacial score (nSPS) is 12.1. The second-order valence-electron chi connectivity index (χ2n) is 6.70. The number of hydrogen-bond acceptors (Lipinski definition) is 4. The maximum absolute atomic E-state index is 13.1. The van der Waals surface area contributed by atoms with E-state index in [1.165, 1.54) is 0 Å². The predicted molar refractivity (Wildman–Crippen MR) is 109 cm³/mol. The van der Waals surface area contributed by atoms with E-state index in [1.807, 2.05) is 86.6 Å². The third-order valence-electron chi connectivity index (χ3n) is 4.68. The highest BCUT2D eigenvalue weighted by Crippen LogP contribution is 2.28. The lowest BCUT2D eigenvalue weighted by atomic mass is 10.0. The molecule has 0 fully saturated rings. The molecule has 1 atom stereocenters. The van der Waals surface area contributed by atoms with Crippen LogP contribution in [0.25, 0.3) is 11.0 Å². The lowest BCUT2D eigenvalue weighted by Crippen LogP contribution is -2.18. The number of benzene rings is 3. The summed E-state index contributed by atoms with van der Waals surface area (Å²) in [5, 5.41) is 8.48. The van der Waals surface area contributed by atoms with Gasteiger partial charge in [0.1, 0.15) is 11.3 Å². The first-order valence-corrected chi connectivity index (χ1v) is 9.34. The molecule has 0 amide bonds. The van der Waals surface area contributed by atoms with Crippen molar-refractivity contribution >= 4 is 16.8 Å². The molecule has 3 aromatic carbocycles. The Hall–Kier alpha value is -3.47. The molecule has 0 saturated heterocycles. The molecule has 5 nitrogen and oxygen atoms in total. The van der Waals surface area contributed by atoms with Gasteiger partial charge in [-0.2, -0.15) is 0 Å². The van der Waals surface area contributed by atoms with E-state index in [1.54, 1.807) is 4.68 Å². The van der Waals surface area contributed by atoms with Crippen molar-refractivity contribution in [1.29, 1.82) is 0 Å². The number of ether oxygens (including phenoxy) is 1. The lowest BCUT2D eigenvalue weighted by molar-refractivity contribution is 0.0994. The third kappa shape index (κ3) is 3.39. The largest absolute Gasteiger partial charge is 0.468 e. The summed E-state index contributed by atoms with van der Waals surface area (Å²) in [6.07, 6.45) is 0.317. The van der Waals surface area contributed by atoms with Gasteiger partial charge in [0, 0.05) is 12.0 Å². The molecule has 4 aromatic rings. The van der Waals surface area contributed by atoms with Crippen molar-refractivity contribution in [2.24, 2.45) is 0 Å². The van der Waals surface area contributed by atoms with Crippen molar-refractivity contribution in [1.82, 2.24) is 15.0 Å². The molecule has 140 valence electrons. The second-order valence-corrected chi connectivity index (χ2v) is 6.70. The molecule has 0 N–H and O–H groups in total. The van der Waals surface area contributed by atoms with Crippen molar-refractivity contribution in [2.45, 2.75) is 26.5 Å². The molecule has 1 aromatic heterocycles. The molecule has 28 heavy (non-hydrogen) atoms. The summed E-state index contributed by atoms with van der Waals surface area (Å²) in [5.41, 5.74) is 3.91. The summed E-state index contributed by atoms with van der Waals surface area (Å²) < 4.78 is 8.05. The molecule has 0 bridgehead atoms. The van der Waals surface area contributed by atoms with Gasteiger partial charge in [0.2, 0.25) is 0 Å². The highest BCUT2D eigenvalue weighted by molar-refractivity contribution is 6.10. The zero-order valence-corrected chi connectivity index (χ0v) is 15.9. The van der Waals surface area contributed by atoms with Gasteiger partial charge in [-0.15, -0.1) is 5.10 Å². The molecule has 1 heterocycles. The summed E-state index contributed by atoms with van der Waals surface area (Å²) >= 11 is 0. The Morgan fingerprint density at radius 2 is 1.79 bits per heavy atom. The van der Waals surface area contributed by atoms with Gasteiger partial charge in [0.05, 0.1) is 11.1 Å². The van der Waals surface area contributed by atoms with Gasteiger partial charge in [0.25, 0.3) is 0 Å². The Morgan fingerprint density at radius 3 is 2.57 bits per heavy atom. The van der Waals surface area contributed by atoms with Crippen LogP contribution in [0, 0.1) is 6.92 Å². The predicted octanol–water partition coefficient (Wildman–Crippen LogP) is 4.96. The van der Waals surface area contributed by atoms with Gasteiger partial charge in [-0.3, -0.25) is 4.79 Å². The van der Waals surface area contributed by atoms with Gasteiger partial charge in [-0.1, -0.05) is 66.2 Å². The van der Waals surface area contributed by atoms with E-state index in [-0.39, 0.29) is 12.0 Å². The van der Waals surface area contributed by atoms with Crippen molar-refractivity contribution < 1.29 is 9.53 Å². The Labute approximate surface area is 163 Å². The summed E-state index contributed by atoms with van der Waals surface area (Å²) in [5.74, 6) is 0.489. The fraction of sp³-hybridized carbons (Fsp3) is 0.174. The Bertz CT molecular complexity index is 1120. The van der Waals surface area contributed by atoms with Crippen LogP contribution in [0.2, 0.25) is 0 Å². The van der Waals surface area contributed by atoms with Crippen LogP contribution in [0.3, 0.4) is 0 Å². The van der Waals surface area contributed by atoms with Crippen LogP contribution >= 0.6 is 0 Å². The van der Waals surface area contributed by atoms with Gasteiger partial charge in [-0.05, 0) is 31.2 Å². The molecule has 0 aliphatic carbocycles. The summed E-state index contributed by atoms with van der Waals surface area (Å²) in [7, 11) is 0. The standard InChI is InChI=1S/C23H21N3O2/c1-3-22(26-20-12-8-7-11-19(20)24-25-26)28-21-14-13-16(2)15-18(21)23(27)17-9-5-4-6-10-17/h4-15,22H,3H2,1-2H3. The van der Waals surface area contributed by atoms with E-state index in [4.69, 9.17) is 4.74 Å². The smallest absolute Gasteiger partial charge is 0.196 e. The molecule has 0 spiro atoms. The van der Waals surface area contributed by atoms with Crippen molar-refractivity contribution in [3.8, 4) is 5.75 Å². The number of para-hydroxylation sites is 1. The van der Waals surface area contributed by atoms with Gasteiger partial charge in [-0.25, -0.2) is 4.68 Å². The van der Waals surface area contributed by atoms with Crippen molar-refractivity contribution in [2.75, 3.05) is 0 Å². The number of aromatic nitrogens is 3. The zero-order chi connectivity index (χ0) is 19.5. The number of rotatable bonds is 6. The number of fused-ring (bicyclic) bond motifs is 1. The zero-order valence-electron chi connectivity index (χ0n) is 15.9. The number of aryl methyl sites for hydroxylation is 1. The van der Waals surface area contributed by atoms with E-state index in [0.29, 0.717) is 23.3 Å². The highest BCUT2D eigenvalue weighted by Gasteiger charge is 2.20. The Kier molecular flexibility index (Phi) is 4.89. The minimum Gasteiger partial charge on any atom is -0.468 e. The number of ketones is 1. The van der Waals surface area contributed by atoms with Crippen LogP contribution in [0.4, 0.5) is 0 Å². The van der Waals surface area contributed by atoms with Crippen molar-refractivity contribution in [3.63, 3.8) is 0 Å². The van der Waals surface area contributed by atoms with Gasteiger partial charge >= 0.3 is 0 Å². The number of carbonyl (C=O) groups is 1. The molecule has 0 aliphatic heterocycles. The van der Waals surface area contributed by atoms with Crippen molar-refractivity contribution in [3.05, 3.63) is 89.5 Å². The number of nitrogens with zero attached hydrogens (tertiary/aromatic N) is 3. The fourth-order valence-corrected chi connectivity index (χ4v) is 3.22. The highest BCUT2D eigenvalue weighted by atomic mass is 16.5. The number of hydrogen-bond donors (Lipinski definition) is 0. The third-order valence-corrected chi connectivity index (χ3v) is 4.68. The minimum absolute atomic E-state index is 0.0578. The Balaban J connectivity index is 1.72. The first-order chi connectivity index (χ1) is 13.7. The molecular weight excluding hydrogens is 350 g/mol. The Morgan fingerprint density at radius 1 is 1.04 bits per heavy atom. The van der Waals surface area contributed by atoms with Crippen LogP contribution < -0.4 is 4.74 Å². The minimum atomic E-state index is -0.363. The van der Waals surface area contributed by atoms with Crippen LogP contribution in [0.1, 0.15) is 41.1 Å². The molecule has 0 saturated carbocycles. The monoisotopic (exact) mass is 371 g/mol. The maximum Gasteiger partial charge on any atom is 0.196 e. The molecule has 5 heteroatoms. The average molecular weight is 371 g/mol. The maximum atomic E-state index is 13.1. The number of carbonyl (C=O) groups excluding carboxylic acids is 1. The molecule has 4 rings (SSSR count). The molecule has 0 aliphatic rings. The van der Waals surface area contributed by atoms with Gasteiger partial charge in [0.15, 0.2) is 12.0 Å². The SMILES string of the molecule is CCC(Oc1ccc(C)cc1C(=O)c1ccccc1)n1nnc2ccccc21. The molecular formula is C23H21N3O2. The van der Waals surface area contributed by atoms with Crippen LogP contribution in [0.15, 0.2) is 72.8 Å². The van der Waals surface area contributed by atoms with E-state index in [0.717, 1.165) is 16.6 Å². The molecule has 1 unspecified atom stereocenters. The topological polar surface area (TPSA) is 57.0 Å². The summed E-state index contributed by atoms with van der Waals surface area (Å²) in [6, 6.07) is 22.7. The van der Waals surface area contributed by atoms with E-state index < -0.39 is 0 Å². The van der Waals surface area contributed by atoms with Crippen LogP contribution in [-0.2, 0) is 0 Å².